The van der Waals surface area contributed by atoms with E-state index in [4.69, 9.17) is 4.74 Å². The van der Waals surface area contributed by atoms with Crippen LogP contribution in [-0.2, 0) is 22.2 Å². The van der Waals surface area contributed by atoms with E-state index in [1.54, 1.807) is 30.4 Å². The molecule has 0 aliphatic carbocycles. The predicted octanol–water partition coefficient (Wildman–Crippen LogP) is 5.53. The minimum Gasteiger partial charge on any atom is -0.479 e. The van der Waals surface area contributed by atoms with E-state index in [0.717, 1.165) is 41.2 Å². The molecule has 34 heavy (non-hydrogen) atoms. The van der Waals surface area contributed by atoms with Crippen molar-refractivity contribution >= 4 is 34.5 Å². The Kier molecular flexibility index (Phi) is 6.60. The lowest BCUT2D eigenvalue weighted by molar-refractivity contribution is -0.137. The lowest BCUT2D eigenvalue weighted by Gasteiger charge is -2.32. The molecule has 2 aromatic carbocycles. The van der Waals surface area contributed by atoms with Crippen LogP contribution in [0.4, 0.5) is 24.5 Å². The number of carbonyl (C=O) groups excluding carboxylic acids is 2. The SMILES string of the molecule is CCCc1nc(-c2ccc3c(c2)N(CC(=O)Nc2cccc(C(F)(F)F)c2)C(=O)C(C)O3)cs1. The second kappa shape index (κ2) is 9.46. The van der Waals surface area contributed by atoms with Crippen LogP contribution in [0.2, 0.25) is 0 Å². The highest BCUT2D eigenvalue weighted by molar-refractivity contribution is 7.09. The van der Waals surface area contributed by atoms with Crippen LogP contribution in [0, 0.1) is 0 Å². The van der Waals surface area contributed by atoms with Gasteiger partial charge in [0.15, 0.2) is 6.10 Å². The van der Waals surface area contributed by atoms with E-state index in [9.17, 15) is 22.8 Å². The fourth-order valence-corrected chi connectivity index (χ4v) is 4.53. The van der Waals surface area contributed by atoms with Crippen LogP contribution in [0.25, 0.3) is 11.3 Å². The maximum absolute atomic E-state index is 13.0. The zero-order valence-electron chi connectivity index (χ0n) is 18.5. The van der Waals surface area contributed by atoms with Crippen LogP contribution < -0.4 is 15.0 Å². The molecule has 4 rings (SSSR count). The van der Waals surface area contributed by atoms with E-state index >= 15 is 0 Å². The van der Waals surface area contributed by atoms with Crippen LogP contribution in [0.5, 0.6) is 5.75 Å². The first kappa shape index (κ1) is 23.7. The molecule has 3 aromatic rings. The Balaban J connectivity index is 1.58. The number of hydrogen-bond donors (Lipinski definition) is 1. The van der Waals surface area contributed by atoms with E-state index in [1.807, 2.05) is 11.4 Å². The molecule has 1 aromatic heterocycles. The van der Waals surface area contributed by atoms with Gasteiger partial charge < -0.3 is 10.1 Å². The van der Waals surface area contributed by atoms with Crippen LogP contribution in [-0.4, -0.2) is 29.4 Å². The van der Waals surface area contributed by atoms with E-state index in [2.05, 4.69) is 17.2 Å². The summed E-state index contributed by atoms with van der Waals surface area (Å²) < 4.78 is 44.6. The monoisotopic (exact) mass is 489 g/mol. The molecule has 0 fully saturated rings. The molecular weight excluding hydrogens is 467 g/mol. The number of nitrogens with one attached hydrogen (secondary N) is 1. The van der Waals surface area contributed by atoms with Gasteiger partial charge in [-0.25, -0.2) is 4.98 Å². The Bertz CT molecular complexity index is 1230. The third kappa shape index (κ3) is 5.06. The van der Waals surface area contributed by atoms with Crippen molar-refractivity contribution in [1.82, 2.24) is 4.98 Å². The van der Waals surface area contributed by atoms with Crippen molar-refractivity contribution in [3.05, 3.63) is 58.4 Å². The van der Waals surface area contributed by atoms with Crippen molar-refractivity contribution < 1.29 is 27.5 Å². The molecular formula is C24H22F3N3O3S. The Hall–Kier alpha value is -3.40. The van der Waals surface area contributed by atoms with Gasteiger partial charge in [-0.1, -0.05) is 13.0 Å². The molecule has 2 amide bonds. The Morgan fingerprint density at radius 2 is 2.03 bits per heavy atom. The van der Waals surface area contributed by atoms with E-state index in [1.165, 1.54) is 17.0 Å². The number of ether oxygens (including phenoxy) is 1. The molecule has 0 spiro atoms. The van der Waals surface area contributed by atoms with Crippen LogP contribution in [0.3, 0.4) is 0 Å². The van der Waals surface area contributed by atoms with Crippen molar-refractivity contribution in [3.8, 4) is 17.0 Å². The maximum Gasteiger partial charge on any atom is 0.416 e. The number of aromatic nitrogens is 1. The molecule has 10 heteroatoms. The standard InChI is InChI=1S/C24H22F3N3O3S/c1-3-5-22-29-18(13-34-22)15-8-9-20-19(10-15)30(23(32)14(2)33-20)12-21(31)28-17-7-4-6-16(11-17)24(25,26)27/h4,6-11,13-14H,3,5,12H2,1-2H3,(H,28,31). The van der Waals surface area contributed by atoms with Gasteiger partial charge in [0.2, 0.25) is 5.91 Å². The number of rotatable bonds is 6. The first-order valence-corrected chi connectivity index (χ1v) is 11.6. The molecule has 1 aliphatic rings. The summed E-state index contributed by atoms with van der Waals surface area (Å²) in [5.41, 5.74) is 1.06. The number of halogens is 3. The van der Waals surface area contributed by atoms with Crippen LogP contribution in [0.15, 0.2) is 47.8 Å². The number of hydrogen-bond acceptors (Lipinski definition) is 5. The smallest absolute Gasteiger partial charge is 0.416 e. The molecule has 0 saturated carbocycles. The number of anilines is 2. The minimum absolute atomic E-state index is 0.00603. The summed E-state index contributed by atoms with van der Waals surface area (Å²) >= 11 is 1.56. The topological polar surface area (TPSA) is 71.5 Å². The van der Waals surface area contributed by atoms with Gasteiger partial charge >= 0.3 is 6.18 Å². The lowest BCUT2D eigenvalue weighted by Crippen LogP contribution is -2.47. The maximum atomic E-state index is 13.0. The van der Waals surface area contributed by atoms with Crippen molar-refractivity contribution in [1.29, 1.82) is 0 Å². The minimum atomic E-state index is -4.53. The van der Waals surface area contributed by atoms with E-state index in [-0.39, 0.29) is 12.2 Å². The number of carbonyl (C=O) groups is 2. The molecule has 1 N–H and O–H groups in total. The summed E-state index contributed by atoms with van der Waals surface area (Å²) in [6.45, 7) is 3.28. The van der Waals surface area contributed by atoms with Gasteiger partial charge in [0.05, 0.1) is 22.0 Å². The highest BCUT2D eigenvalue weighted by atomic mass is 32.1. The number of fused-ring (bicyclic) bond motifs is 1. The van der Waals surface area contributed by atoms with Gasteiger partial charge in [-0.15, -0.1) is 11.3 Å². The molecule has 178 valence electrons. The van der Waals surface area contributed by atoms with Gasteiger partial charge in [0.25, 0.3) is 5.91 Å². The summed E-state index contributed by atoms with van der Waals surface area (Å²) in [5, 5.41) is 5.39. The first-order valence-electron chi connectivity index (χ1n) is 10.7. The van der Waals surface area contributed by atoms with Crippen molar-refractivity contribution in [3.63, 3.8) is 0 Å². The zero-order chi connectivity index (χ0) is 24.5. The lowest BCUT2D eigenvalue weighted by atomic mass is 10.1. The highest BCUT2D eigenvalue weighted by Gasteiger charge is 2.34. The van der Waals surface area contributed by atoms with Gasteiger partial charge in [0, 0.05) is 16.6 Å². The summed E-state index contributed by atoms with van der Waals surface area (Å²) in [6.07, 6.45) is -3.49. The quantitative estimate of drug-likeness (QED) is 0.494. The zero-order valence-corrected chi connectivity index (χ0v) is 19.3. The van der Waals surface area contributed by atoms with Crippen LogP contribution in [0.1, 0.15) is 30.8 Å². The number of nitrogens with zero attached hydrogens (tertiary/aromatic N) is 2. The van der Waals surface area contributed by atoms with E-state index < -0.39 is 29.7 Å². The van der Waals surface area contributed by atoms with E-state index in [0.29, 0.717) is 11.4 Å². The van der Waals surface area contributed by atoms with Gasteiger partial charge in [-0.3, -0.25) is 14.5 Å². The molecule has 6 nitrogen and oxygen atoms in total. The number of thiazole rings is 1. The van der Waals surface area contributed by atoms with Gasteiger partial charge in [-0.2, -0.15) is 13.2 Å². The number of amides is 2. The third-order valence-corrected chi connectivity index (χ3v) is 6.16. The molecule has 1 unspecified atom stereocenters. The third-order valence-electron chi connectivity index (χ3n) is 5.25. The van der Waals surface area contributed by atoms with Crippen molar-refractivity contribution in [2.45, 2.75) is 39.0 Å². The molecule has 0 radical (unpaired) electrons. The fourth-order valence-electron chi connectivity index (χ4n) is 3.62. The normalized spacial score (nSPS) is 15.6. The molecule has 0 saturated heterocycles. The van der Waals surface area contributed by atoms with Crippen molar-refractivity contribution in [2.24, 2.45) is 0 Å². The number of aryl methyl sites for hydroxylation is 1. The Morgan fingerprint density at radius 1 is 1.24 bits per heavy atom. The second-order valence-corrected chi connectivity index (χ2v) is 8.81. The number of benzene rings is 2. The fraction of sp³-hybridized carbons (Fsp3) is 0.292. The summed E-state index contributed by atoms with van der Waals surface area (Å²) in [6, 6.07) is 9.65. The second-order valence-electron chi connectivity index (χ2n) is 7.87. The molecule has 2 heterocycles. The predicted molar refractivity (Wildman–Crippen MR) is 124 cm³/mol. The highest BCUT2D eigenvalue weighted by Crippen LogP contribution is 2.38. The summed E-state index contributed by atoms with van der Waals surface area (Å²) in [5.74, 6) is -0.613. The van der Waals surface area contributed by atoms with Gasteiger partial charge in [-0.05, 0) is 56.2 Å². The first-order chi connectivity index (χ1) is 16.2. The molecule has 1 aliphatic heterocycles. The average molecular weight is 490 g/mol. The van der Waals surface area contributed by atoms with Crippen LogP contribution >= 0.6 is 11.3 Å². The van der Waals surface area contributed by atoms with Gasteiger partial charge in [0.1, 0.15) is 12.3 Å². The number of alkyl halides is 3. The Morgan fingerprint density at radius 3 is 2.76 bits per heavy atom. The Labute approximate surface area is 198 Å². The van der Waals surface area contributed by atoms with Crippen molar-refractivity contribution in [2.75, 3.05) is 16.8 Å². The molecule has 0 bridgehead atoms. The average Bonchev–Trinajstić information content (AvgIpc) is 3.25. The summed E-state index contributed by atoms with van der Waals surface area (Å²) in [7, 11) is 0. The largest absolute Gasteiger partial charge is 0.479 e. The summed E-state index contributed by atoms with van der Waals surface area (Å²) in [4.78, 5) is 31.5. The molecule has 1 atom stereocenters.